The van der Waals surface area contributed by atoms with Gasteiger partial charge in [-0.05, 0) is 36.5 Å². The lowest BCUT2D eigenvalue weighted by Crippen LogP contribution is -2.48. The van der Waals surface area contributed by atoms with E-state index in [4.69, 9.17) is 5.73 Å². The fourth-order valence-electron chi connectivity index (χ4n) is 2.82. The molecule has 2 N–H and O–H groups in total. The molecule has 1 saturated carbocycles. The highest BCUT2D eigenvalue weighted by atomic mass is 19.4. The van der Waals surface area contributed by atoms with Gasteiger partial charge in [-0.2, -0.15) is 13.2 Å². The van der Waals surface area contributed by atoms with Gasteiger partial charge in [0.2, 0.25) is 0 Å². The number of hydrogen-bond donors (Lipinski definition) is 1. The van der Waals surface area contributed by atoms with Crippen molar-refractivity contribution >= 4 is 0 Å². The molecule has 0 spiro atoms. The Kier molecular flexibility index (Phi) is 3.41. The van der Waals surface area contributed by atoms with Gasteiger partial charge >= 0.3 is 6.18 Å². The van der Waals surface area contributed by atoms with Gasteiger partial charge in [0.1, 0.15) is 0 Å². The van der Waals surface area contributed by atoms with E-state index in [0.29, 0.717) is 11.5 Å². The number of halogens is 3. The summed E-state index contributed by atoms with van der Waals surface area (Å²) in [4.78, 5) is 0. The first-order valence-electron chi connectivity index (χ1n) is 6.32. The zero-order valence-corrected chi connectivity index (χ0v) is 10.4. The van der Waals surface area contributed by atoms with Crippen molar-refractivity contribution in [1.82, 2.24) is 0 Å². The number of nitrogens with two attached hydrogens (primary N) is 1. The van der Waals surface area contributed by atoms with Crippen LogP contribution in [0, 0.1) is 5.92 Å². The van der Waals surface area contributed by atoms with Crippen LogP contribution in [0.25, 0.3) is 0 Å². The maximum absolute atomic E-state index is 12.6. The van der Waals surface area contributed by atoms with Crippen LogP contribution in [0.1, 0.15) is 43.7 Å². The Morgan fingerprint density at radius 3 is 2.56 bits per heavy atom. The van der Waals surface area contributed by atoms with Crippen LogP contribution in [0.4, 0.5) is 13.2 Å². The minimum absolute atomic E-state index is 0.554. The normalized spacial score (nSPS) is 27.9. The molecule has 1 fully saturated rings. The molecule has 2 rings (SSSR count). The fourth-order valence-corrected chi connectivity index (χ4v) is 2.82. The van der Waals surface area contributed by atoms with Crippen molar-refractivity contribution in [3.63, 3.8) is 0 Å². The van der Waals surface area contributed by atoms with Gasteiger partial charge in [0.25, 0.3) is 0 Å². The highest BCUT2D eigenvalue weighted by Crippen LogP contribution is 2.46. The molecule has 0 aromatic heterocycles. The molecule has 0 radical (unpaired) electrons. The third-order valence-electron chi connectivity index (χ3n) is 3.77. The first-order chi connectivity index (χ1) is 8.35. The van der Waals surface area contributed by atoms with Gasteiger partial charge in [-0.15, -0.1) is 0 Å². The topological polar surface area (TPSA) is 26.0 Å². The van der Waals surface area contributed by atoms with Crippen molar-refractivity contribution in [1.29, 1.82) is 0 Å². The van der Waals surface area contributed by atoms with Gasteiger partial charge in [0.15, 0.2) is 0 Å². The zero-order chi connectivity index (χ0) is 13.4. The summed E-state index contributed by atoms with van der Waals surface area (Å²) < 4.78 is 37.9. The Morgan fingerprint density at radius 1 is 1.33 bits per heavy atom. The van der Waals surface area contributed by atoms with Crippen molar-refractivity contribution in [2.24, 2.45) is 11.7 Å². The third kappa shape index (κ3) is 2.53. The summed E-state index contributed by atoms with van der Waals surface area (Å²) in [5.41, 5.74) is 5.64. The molecule has 0 saturated heterocycles. The highest BCUT2D eigenvalue weighted by Gasteiger charge is 2.42. The molecule has 100 valence electrons. The Hall–Kier alpha value is -1.03. The van der Waals surface area contributed by atoms with E-state index in [1.165, 1.54) is 12.1 Å². The monoisotopic (exact) mass is 257 g/mol. The molecule has 18 heavy (non-hydrogen) atoms. The lowest BCUT2D eigenvalue weighted by atomic mass is 9.64. The van der Waals surface area contributed by atoms with Crippen LogP contribution < -0.4 is 5.73 Å². The first kappa shape index (κ1) is 13.4. The van der Waals surface area contributed by atoms with E-state index in [1.807, 2.05) is 0 Å². The number of rotatable bonds is 3. The molecule has 1 aliphatic rings. The van der Waals surface area contributed by atoms with Crippen molar-refractivity contribution < 1.29 is 13.2 Å². The van der Waals surface area contributed by atoms with Crippen LogP contribution in [0.3, 0.4) is 0 Å². The summed E-state index contributed by atoms with van der Waals surface area (Å²) in [6.45, 7) is 2.11. The van der Waals surface area contributed by atoms with E-state index in [1.54, 1.807) is 6.07 Å². The average Bonchev–Trinajstić information content (AvgIpc) is 2.26. The SMILES string of the molecule is CCCC1CC(N)(c2cccc(C(F)(F)F)c2)C1. The molecule has 1 nitrogen and oxygen atoms in total. The molecule has 1 aromatic carbocycles. The van der Waals surface area contributed by atoms with Gasteiger partial charge in [-0.25, -0.2) is 0 Å². The minimum Gasteiger partial charge on any atom is -0.321 e. The van der Waals surface area contributed by atoms with Crippen molar-refractivity contribution in [3.05, 3.63) is 35.4 Å². The third-order valence-corrected chi connectivity index (χ3v) is 3.77. The molecular formula is C14H18F3N. The van der Waals surface area contributed by atoms with Crippen molar-refractivity contribution in [2.75, 3.05) is 0 Å². The predicted molar refractivity (Wildman–Crippen MR) is 64.9 cm³/mol. The lowest BCUT2D eigenvalue weighted by molar-refractivity contribution is -0.137. The van der Waals surface area contributed by atoms with Crippen LogP contribution in [0.2, 0.25) is 0 Å². The standard InChI is InChI=1S/C14H18F3N/c1-2-4-10-8-13(18,9-10)11-5-3-6-12(7-11)14(15,16)17/h3,5-7,10H,2,4,8-9,18H2,1H3. The molecule has 0 atom stereocenters. The molecule has 0 aliphatic heterocycles. The second kappa shape index (κ2) is 4.57. The molecule has 0 bridgehead atoms. The Labute approximate surface area is 105 Å². The summed E-state index contributed by atoms with van der Waals surface area (Å²) in [5.74, 6) is 0.564. The molecule has 1 aromatic rings. The summed E-state index contributed by atoms with van der Waals surface area (Å²) in [7, 11) is 0. The largest absolute Gasteiger partial charge is 0.416 e. The molecule has 0 unspecified atom stereocenters. The van der Waals surface area contributed by atoms with Crippen LogP contribution >= 0.6 is 0 Å². The Bertz CT molecular complexity index is 419. The minimum atomic E-state index is -4.29. The Morgan fingerprint density at radius 2 is 2.00 bits per heavy atom. The van der Waals surface area contributed by atoms with E-state index >= 15 is 0 Å². The molecule has 4 heteroatoms. The van der Waals surface area contributed by atoms with Crippen LogP contribution in [-0.2, 0) is 11.7 Å². The molecule has 0 amide bonds. The van der Waals surface area contributed by atoms with Gasteiger partial charge in [-0.3, -0.25) is 0 Å². The summed E-state index contributed by atoms with van der Waals surface area (Å²) in [5, 5.41) is 0. The fraction of sp³-hybridized carbons (Fsp3) is 0.571. The highest BCUT2D eigenvalue weighted by molar-refractivity contribution is 5.33. The van der Waals surface area contributed by atoms with Gasteiger partial charge in [-0.1, -0.05) is 31.9 Å². The van der Waals surface area contributed by atoms with Crippen molar-refractivity contribution in [3.8, 4) is 0 Å². The smallest absolute Gasteiger partial charge is 0.321 e. The van der Waals surface area contributed by atoms with E-state index in [0.717, 1.165) is 31.7 Å². The summed E-state index contributed by atoms with van der Waals surface area (Å²) in [6.07, 6.45) is -0.496. The molecule has 0 heterocycles. The number of benzene rings is 1. The maximum atomic E-state index is 12.6. The van der Waals surface area contributed by atoms with Crippen LogP contribution in [-0.4, -0.2) is 0 Å². The molecule has 1 aliphatic carbocycles. The van der Waals surface area contributed by atoms with E-state index in [-0.39, 0.29) is 0 Å². The number of alkyl halides is 3. The van der Waals surface area contributed by atoms with Crippen molar-refractivity contribution in [2.45, 2.75) is 44.3 Å². The Balaban J connectivity index is 2.15. The second-order valence-electron chi connectivity index (χ2n) is 5.30. The predicted octanol–water partition coefficient (Wildman–Crippen LogP) is 4.07. The second-order valence-corrected chi connectivity index (χ2v) is 5.30. The van der Waals surface area contributed by atoms with E-state index < -0.39 is 17.3 Å². The van der Waals surface area contributed by atoms with E-state index in [9.17, 15) is 13.2 Å². The first-order valence-corrected chi connectivity index (χ1v) is 6.32. The average molecular weight is 257 g/mol. The quantitative estimate of drug-likeness (QED) is 0.867. The lowest BCUT2D eigenvalue weighted by Gasteiger charge is -2.45. The van der Waals surface area contributed by atoms with Crippen LogP contribution in [0.15, 0.2) is 24.3 Å². The van der Waals surface area contributed by atoms with Crippen LogP contribution in [0.5, 0.6) is 0 Å². The summed E-state index contributed by atoms with van der Waals surface area (Å²) in [6, 6.07) is 5.44. The molecular weight excluding hydrogens is 239 g/mol. The number of hydrogen-bond acceptors (Lipinski definition) is 1. The maximum Gasteiger partial charge on any atom is 0.416 e. The zero-order valence-electron chi connectivity index (χ0n) is 10.4. The van der Waals surface area contributed by atoms with Gasteiger partial charge < -0.3 is 5.73 Å². The van der Waals surface area contributed by atoms with E-state index in [2.05, 4.69) is 6.92 Å². The van der Waals surface area contributed by atoms with Gasteiger partial charge in [0, 0.05) is 5.54 Å². The van der Waals surface area contributed by atoms with Gasteiger partial charge in [0.05, 0.1) is 5.56 Å². The summed E-state index contributed by atoms with van der Waals surface area (Å²) >= 11 is 0.